The predicted molar refractivity (Wildman–Crippen MR) is 157 cm³/mol. The molecule has 43 heavy (non-hydrogen) atoms. The number of nitroso groups, excluding NO2 is 1. The van der Waals surface area contributed by atoms with Crippen molar-refractivity contribution in [3.8, 4) is 16.9 Å². The number of hydrogen-bond donors (Lipinski definition) is 4. The largest absolute Gasteiger partial charge is 0.507 e. The van der Waals surface area contributed by atoms with Crippen LogP contribution in [0.3, 0.4) is 0 Å². The van der Waals surface area contributed by atoms with Crippen molar-refractivity contribution in [3.05, 3.63) is 87.1 Å². The molecule has 11 nitrogen and oxygen atoms in total. The summed E-state index contributed by atoms with van der Waals surface area (Å²) in [6.07, 6.45) is 5.47. The van der Waals surface area contributed by atoms with Gasteiger partial charge in [-0.25, -0.2) is 0 Å². The second-order valence-corrected chi connectivity index (χ2v) is 11.9. The van der Waals surface area contributed by atoms with E-state index in [0.717, 1.165) is 36.2 Å². The minimum Gasteiger partial charge on any atom is -0.507 e. The predicted octanol–water partition coefficient (Wildman–Crippen LogP) is 2.56. The number of primary amides is 1. The fourth-order valence-electron chi connectivity index (χ4n) is 7.31. The lowest BCUT2D eigenvalue weighted by Gasteiger charge is -2.50. The molecule has 0 bridgehead atoms. The third-order valence-corrected chi connectivity index (χ3v) is 9.25. The van der Waals surface area contributed by atoms with Crippen LogP contribution in [0, 0.1) is 16.7 Å². The topological polar surface area (TPSA) is 174 Å². The van der Waals surface area contributed by atoms with E-state index in [2.05, 4.69) is 22.4 Å². The standard InChI is InChI=1S/C32H32N4O7/c1-35(2)27-21-14-18-13-20-19(17-7-5-16(6-8-17)15-36-11-3-4-12-36)9-10-22(37)24(20)28(38)23(18)29(39)32(21,42)30(40)25(31(33)41)26(27)34-43/h3,5-11,18,21,27,37-38,42H,4,12-15H2,1-2H3,(H2,33,41)/t18-,21-,27?,32-/m0/s1. The van der Waals surface area contributed by atoms with Gasteiger partial charge in [-0.2, -0.15) is 0 Å². The number of phenols is 1. The highest BCUT2D eigenvalue weighted by molar-refractivity contribution is 6.33. The molecule has 0 spiro atoms. The lowest BCUT2D eigenvalue weighted by Crippen LogP contribution is -2.67. The fourth-order valence-corrected chi connectivity index (χ4v) is 7.31. The Bertz CT molecular complexity index is 1670. The molecular weight excluding hydrogens is 552 g/mol. The first-order valence-electron chi connectivity index (χ1n) is 14.1. The van der Waals surface area contributed by atoms with Crippen molar-refractivity contribution < 1.29 is 29.7 Å². The summed E-state index contributed by atoms with van der Waals surface area (Å²) in [5.41, 5.74) is 4.60. The fraction of sp³-hybridized carbons (Fsp3) is 0.344. The number of carbonyl (C=O) groups excluding carboxylic acids is 3. The van der Waals surface area contributed by atoms with Crippen LogP contribution in [0.4, 0.5) is 0 Å². The Morgan fingerprint density at radius 3 is 2.44 bits per heavy atom. The van der Waals surface area contributed by atoms with E-state index >= 15 is 0 Å². The average molecular weight is 585 g/mol. The number of likely N-dealkylation sites (N-methyl/N-ethyl adjacent to an activating group) is 1. The summed E-state index contributed by atoms with van der Waals surface area (Å²) in [5, 5.41) is 37.1. The van der Waals surface area contributed by atoms with Crippen molar-refractivity contribution in [2.75, 3.05) is 20.6 Å². The summed E-state index contributed by atoms with van der Waals surface area (Å²) in [6.45, 7) is 1.75. The number of ketones is 2. The van der Waals surface area contributed by atoms with Gasteiger partial charge in [0.2, 0.25) is 11.6 Å². The van der Waals surface area contributed by atoms with Crippen LogP contribution in [-0.4, -0.2) is 74.9 Å². The molecule has 1 fully saturated rings. The minimum absolute atomic E-state index is 0.0120. The van der Waals surface area contributed by atoms with E-state index in [0.29, 0.717) is 5.56 Å². The molecule has 0 saturated heterocycles. The van der Waals surface area contributed by atoms with Crippen molar-refractivity contribution in [3.63, 3.8) is 0 Å². The highest BCUT2D eigenvalue weighted by atomic mass is 16.3. The van der Waals surface area contributed by atoms with Gasteiger partial charge >= 0.3 is 0 Å². The molecule has 3 aliphatic carbocycles. The smallest absolute Gasteiger partial charge is 0.254 e. The first-order chi connectivity index (χ1) is 20.5. The van der Waals surface area contributed by atoms with Crippen LogP contribution in [0.5, 0.6) is 5.75 Å². The number of rotatable bonds is 6. The maximum absolute atomic E-state index is 14.0. The molecule has 222 valence electrons. The van der Waals surface area contributed by atoms with Gasteiger partial charge in [0.05, 0.1) is 11.6 Å². The van der Waals surface area contributed by atoms with Gasteiger partial charge < -0.3 is 30.9 Å². The minimum atomic E-state index is -2.77. The lowest BCUT2D eigenvalue weighted by atomic mass is 9.56. The molecular formula is C32H32N4O7. The molecule has 1 unspecified atom stereocenters. The molecule has 1 heterocycles. The summed E-state index contributed by atoms with van der Waals surface area (Å²) in [4.78, 5) is 55.5. The van der Waals surface area contributed by atoms with Crippen molar-refractivity contribution in [2.45, 2.75) is 37.5 Å². The van der Waals surface area contributed by atoms with E-state index in [-0.39, 0.29) is 29.7 Å². The Morgan fingerprint density at radius 2 is 1.84 bits per heavy atom. The van der Waals surface area contributed by atoms with Crippen LogP contribution in [0.25, 0.3) is 16.9 Å². The first-order valence-corrected chi connectivity index (χ1v) is 14.1. The van der Waals surface area contributed by atoms with Crippen molar-refractivity contribution in [2.24, 2.45) is 22.7 Å². The Kier molecular flexibility index (Phi) is 6.82. The number of Topliss-reactive ketones (excluding diaryl/α,β-unsaturated/α-hetero) is 2. The average Bonchev–Trinajstić information content (AvgIpc) is 3.47. The molecule has 1 saturated carbocycles. The number of aromatic hydroxyl groups is 1. The number of nitrogens with zero attached hydrogens (tertiary/aromatic N) is 3. The zero-order valence-electron chi connectivity index (χ0n) is 23.8. The highest BCUT2D eigenvalue weighted by Gasteiger charge is 2.65. The number of amides is 1. The molecule has 4 atom stereocenters. The molecule has 1 amide bonds. The molecule has 5 N–H and O–H groups in total. The second-order valence-electron chi connectivity index (χ2n) is 11.9. The number of hydrogen-bond acceptors (Lipinski definition) is 10. The van der Waals surface area contributed by atoms with Gasteiger partial charge in [0.15, 0.2) is 5.60 Å². The second kappa shape index (κ2) is 10.3. The molecule has 4 aliphatic rings. The molecule has 2 aromatic carbocycles. The van der Waals surface area contributed by atoms with Gasteiger partial charge in [-0.05, 0) is 79.0 Å². The zero-order chi connectivity index (χ0) is 30.8. The van der Waals surface area contributed by atoms with Crippen LogP contribution >= 0.6 is 0 Å². The summed E-state index contributed by atoms with van der Waals surface area (Å²) >= 11 is 0. The zero-order valence-corrected chi connectivity index (χ0v) is 23.8. The number of aliphatic hydroxyl groups excluding tert-OH is 1. The summed E-state index contributed by atoms with van der Waals surface area (Å²) < 4.78 is 0. The van der Waals surface area contributed by atoms with E-state index < -0.39 is 58.0 Å². The van der Waals surface area contributed by atoms with Crippen LogP contribution in [-0.2, 0) is 27.3 Å². The lowest BCUT2D eigenvalue weighted by molar-refractivity contribution is -0.161. The normalized spacial score (nSPS) is 26.5. The van der Waals surface area contributed by atoms with Gasteiger partial charge in [0, 0.05) is 24.6 Å². The SMILES string of the molecule is CN(C)C1C(N=O)=C(C(N)=O)C(=O)[C@@]2(O)C(=O)C3=C(O)c4c(O)ccc(-c5ccc(CN6C=CCC6)cc5)c4C[C@H]3C[C@@H]12. The van der Waals surface area contributed by atoms with E-state index in [1.165, 1.54) is 11.0 Å². The van der Waals surface area contributed by atoms with Crippen molar-refractivity contribution in [1.82, 2.24) is 9.80 Å². The Labute approximate surface area is 247 Å². The number of fused-ring (bicyclic) bond motifs is 3. The maximum Gasteiger partial charge on any atom is 0.254 e. The van der Waals surface area contributed by atoms with Crippen LogP contribution in [0.1, 0.15) is 29.5 Å². The van der Waals surface area contributed by atoms with Gasteiger partial charge in [-0.3, -0.25) is 14.4 Å². The van der Waals surface area contributed by atoms with Gasteiger partial charge in [-0.15, -0.1) is 4.91 Å². The third-order valence-electron chi connectivity index (χ3n) is 9.25. The third kappa shape index (κ3) is 4.22. The Hall–Kier alpha value is -4.61. The maximum atomic E-state index is 14.0. The van der Waals surface area contributed by atoms with E-state index in [4.69, 9.17) is 5.73 Å². The number of benzene rings is 2. The van der Waals surface area contributed by atoms with Crippen LogP contribution < -0.4 is 5.73 Å². The quantitative estimate of drug-likeness (QED) is 0.226. The van der Waals surface area contributed by atoms with Gasteiger partial charge in [-0.1, -0.05) is 36.4 Å². The summed E-state index contributed by atoms with van der Waals surface area (Å²) in [6, 6.07) is 10.1. The Balaban J connectivity index is 1.45. The molecule has 2 aromatic rings. The van der Waals surface area contributed by atoms with Crippen molar-refractivity contribution in [1.29, 1.82) is 0 Å². The van der Waals surface area contributed by atoms with E-state index in [1.54, 1.807) is 20.2 Å². The summed E-state index contributed by atoms with van der Waals surface area (Å²) in [7, 11) is 3.15. The Morgan fingerprint density at radius 1 is 1.12 bits per heavy atom. The number of aliphatic hydroxyl groups is 2. The monoisotopic (exact) mass is 584 g/mol. The van der Waals surface area contributed by atoms with Crippen molar-refractivity contribution >= 4 is 23.2 Å². The molecule has 0 radical (unpaired) electrons. The molecule has 0 aromatic heterocycles. The van der Waals surface area contributed by atoms with Crippen LogP contribution in [0.2, 0.25) is 0 Å². The molecule has 11 heteroatoms. The first kappa shape index (κ1) is 28.5. The highest BCUT2D eigenvalue weighted by Crippen LogP contribution is 2.53. The number of nitrogens with two attached hydrogens (primary N) is 1. The van der Waals surface area contributed by atoms with E-state index in [1.807, 2.05) is 24.3 Å². The molecule has 6 rings (SSSR count). The molecule has 1 aliphatic heterocycles. The number of phenolic OH excluding ortho intramolecular Hbond substituents is 1. The summed E-state index contributed by atoms with van der Waals surface area (Å²) in [5.74, 6) is -6.28. The van der Waals surface area contributed by atoms with Gasteiger partial charge in [0.25, 0.3) is 5.91 Å². The van der Waals surface area contributed by atoms with E-state index in [9.17, 15) is 34.6 Å². The number of carbonyl (C=O) groups is 3. The van der Waals surface area contributed by atoms with Gasteiger partial charge in [0.1, 0.15) is 22.8 Å². The van der Waals surface area contributed by atoms with Crippen LogP contribution in [0.15, 0.2) is 70.7 Å².